The van der Waals surface area contributed by atoms with Crippen molar-refractivity contribution in [1.29, 1.82) is 0 Å². The van der Waals surface area contributed by atoms with E-state index in [1.807, 2.05) is 0 Å². The average Bonchev–Trinajstić information content (AvgIpc) is 2.88. The summed E-state index contributed by atoms with van der Waals surface area (Å²) in [6.45, 7) is 4.36. The third kappa shape index (κ3) is 2.00. The monoisotopic (exact) mass is 231 g/mol. The molecule has 2 heterocycles. The molecule has 2 aliphatic rings. The second-order valence-corrected chi connectivity index (χ2v) is 5.71. The molecule has 0 radical (unpaired) electrons. The molecule has 1 aromatic carbocycles. The Hall–Kier alpha value is -0.860. The van der Waals surface area contributed by atoms with Gasteiger partial charge in [0.05, 0.1) is 5.60 Å². The van der Waals surface area contributed by atoms with Gasteiger partial charge >= 0.3 is 0 Å². The Bertz CT molecular complexity index is 400. The fourth-order valence-electron chi connectivity index (χ4n) is 3.47. The molecule has 17 heavy (non-hydrogen) atoms. The van der Waals surface area contributed by atoms with Gasteiger partial charge in [0, 0.05) is 19.0 Å². The molecule has 92 valence electrons. The van der Waals surface area contributed by atoms with Crippen LogP contribution in [-0.4, -0.2) is 34.7 Å². The zero-order chi connectivity index (χ0) is 11.9. The molecule has 0 saturated carbocycles. The van der Waals surface area contributed by atoms with Crippen molar-refractivity contribution in [3.8, 4) is 0 Å². The number of nitrogens with zero attached hydrogens (tertiary/aromatic N) is 1. The minimum Gasteiger partial charge on any atom is -0.388 e. The summed E-state index contributed by atoms with van der Waals surface area (Å²) < 4.78 is 0. The summed E-state index contributed by atoms with van der Waals surface area (Å²) in [5.41, 5.74) is 2.08. The Morgan fingerprint density at radius 3 is 2.82 bits per heavy atom. The Balaban J connectivity index is 1.77. The largest absolute Gasteiger partial charge is 0.388 e. The first kappa shape index (κ1) is 11.2. The zero-order valence-electron chi connectivity index (χ0n) is 10.5. The summed E-state index contributed by atoms with van der Waals surface area (Å²) in [6.07, 6.45) is 4.17. The highest BCUT2D eigenvalue weighted by Gasteiger charge is 2.47. The molecule has 2 fully saturated rings. The van der Waals surface area contributed by atoms with Crippen molar-refractivity contribution in [2.45, 2.75) is 44.2 Å². The third-order valence-corrected chi connectivity index (χ3v) is 4.45. The van der Waals surface area contributed by atoms with E-state index >= 15 is 0 Å². The molecule has 0 aliphatic carbocycles. The molecule has 2 aliphatic heterocycles. The maximum atomic E-state index is 10.8. The van der Waals surface area contributed by atoms with Crippen molar-refractivity contribution < 1.29 is 5.11 Å². The maximum absolute atomic E-state index is 10.8. The van der Waals surface area contributed by atoms with Gasteiger partial charge in [0.15, 0.2) is 0 Å². The Labute approximate surface area is 103 Å². The summed E-state index contributed by atoms with van der Waals surface area (Å²) in [6, 6.07) is 9.00. The normalized spacial score (nSPS) is 32.9. The van der Waals surface area contributed by atoms with Gasteiger partial charge in [-0.15, -0.1) is 0 Å². The Morgan fingerprint density at radius 2 is 2.06 bits per heavy atom. The molecular weight excluding hydrogens is 210 g/mol. The van der Waals surface area contributed by atoms with Crippen molar-refractivity contribution in [2.75, 3.05) is 13.1 Å². The maximum Gasteiger partial charge on any atom is 0.0854 e. The Kier molecular flexibility index (Phi) is 2.72. The number of fused-ring (bicyclic) bond motifs is 1. The van der Waals surface area contributed by atoms with Gasteiger partial charge in [-0.25, -0.2) is 0 Å². The van der Waals surface area contributed by atoms with E-state index < -0.39 is 5.60 Å². The van der Waals surface area contributed by atoms with E-state index in [0.717, 1.165) is 19.4 Å². The number of benzene rings is 1. The minimum atomic E-state index is -0.480. The standard InChI is InChI=1S/C15H21NO/c1-12-4-6-13(7-5-12)11-15(17)8-10-16-9-2-3-14(15)16/h4-7,14,17H,2-3,8-11H2,1H3. The number of rotatable bonds is 2. The second kappa shape index (κ2) is 4.11. The molecule has 2 unspecified atom stereocenters. The fraction of sp³-hybridized carbons (Fsp3) is 0.600. The van der Waals surface area contributed by atoms with Crippen molar-refractivity contribution in [3.63, 3.8) is 0 Å². The number of aliphatic hydroxyl groups is 1. The van der Waals surface area contributed by atoms with Gasteiger partial charge in [-0.3, -0.25) is 4.90 Å². The lowest BCUT2D eigenvalue weighted by molar-refractivity contribution is 0.0141. The first-order valence-corrected chi connectivity index (χ1v) is 6.69. The average molecular weight is 231 g/mol. The smallest absolute Gasteiger partial charge is 0.0854 e. The highest BCUT2D eigenvalue weighted by molar-refractivity contribution is 5.24. The van der Waals surface area contributed by atoms with Crippen molar-refractivity contribution in [1.82, 2.24) is 4.90 Å². The molecule has 0 spiro atoms. The predicted octanol–water partition coefficient (Wildman–Crippen LogP) is 2.14. The highest BCUT2D eigenvalue weighted by atomic mass is 16.3. The molecule has 0 amide bonds. The summed E-state index contributed by atoms with van der Waals surface area (Å²) in [5.74, 6) is 0. The molecule has 0 bridgehead atoms. The first-order valence-electron chi connectivity index (χ1n) is 6.69. The van der Waals surface area contributed by atoms with Crippen LogP contribution >= 0.6 is 0 Å². The number of aryl methyl sites for hydroxylation is 1. The molecule has 2 heteroatoms. The lowest BCUT2D eigenvalue weighted by Gasteiger charge is -2.30. The van der Waals surface area contributed by atoms with Gasteiger partial charge in [-0.2, -0.15) is 0 Å². The van der Waals surface area contributed by atoms with Crippen LogP contribution in [0, 0.1) is 6.92 Å². The minimum absolute atomic E-state index is 0.406. The van der Waals surface area contributed by atoms with E-state index in [0.29, 0.717) is 6.04 Å². The molecule has 2 atom stereocenters. The molecule has 2 nitrogen and oxygen atoms in total. The van der Waals surface area contributed by atoms with Crippen LogP contribution in [0.4, 0.5) is 0 Å². The topological polar surface area (TPSA) is 23.5 Å². The van der Waals surface area contributed by atoms with E-state index in [1.165, 1.54) is 30.5 Å². The molecule has 3 rings (SSSR count). The quantitative estimate of drug-likeness (QED) is 0.843. The lowest BCUT2D eigenvalue weighted by Crippen LogP contribution is -2.42. The van der Waals surface area contributed by atoms with Gasteiger partial charge in [0.1, 0.15) is 0 Å². The SMILES string of the molecule is Cc1ccc(CC2(O)CCN3CCCC32)cc1. The van der Waals surface area contributed by atoms with Crippen molar-refractivity contribution >= 4 is 0 Å². The molecule has 1 N–H and O–H groups in total. The van der Waals surface area contributed by atoms with Crippen LogP contribution in [0.15, 0.2) is 24.3 Å². The predicted molar refractivity (Wildman–Crippen MR) is 69.0 cm³/mol. The van der Waals surface area contributed by atoms with Crippen LogP contribution in [0.25, 0.3) is 0 Å². The summed E-state index contributed by atoms with van der Waals surface area (Å²) in [7, 11) is 0. The highest BCUT2D eigenvalue weighted by Crippen LogP contribution is 2.38. The van der Waals surface area contributed by atoms with Crippen LogP contribution in [0.3, 0.4) is 0 Å². The zero-order valence-corrected chi connectivity index (χ0v) is 10.5. The first-order chi connectivity index (χ1) is 8.17. The molecule has 2 saturated heterocycles. The second-order valence-electron chi connectivity index (χ2n) is 5.71. The van der Waals surface area contributed by atoms with Crippen LogP contribution in [0.5, 0.6) is 0 Å². The van der Waals surface area contributed by atoms with Gasteiger partial charge in [-0.1, -0.05) is 29.8 Å². The number of hydrogen-bond acceptors (Lipinski definition) is 2. The van der Waals surface area contributed by atoms with Crippen LogP contribution in [0.1, 0.15) is 30.4 Å². The summed E-state index contributed by atoms with van der Waals surface area (Å²) in [4.78, 5) is 2.47. The lowest BCUT2D eigenvalue weighted by atomic mass is 9.86. The van der Waals surface area contributed by atoms with E-state index in [-0.39, 0.29) is 0 Å². The van der Waals surface area contributed by atoms with E-state index in [2.05, 4.69) is 36.1 Å². The summed E-state index contributed by atoms with van der Waals surface area (Å²) >= 11 is 0. The molecular formula is C15H21NO. The number of hydrogen-bond donors (Lipinski definition) is 1. The van der Waals surface area contributed by atoms with E-state index in [1.54, 1.807) is 0 Å². The van der Waals surface area contributed by atoms with Gasteiger partial charge < -0.3 is 5.11 Å². The van der Waals surface area contributed by atoms with E-state index in [9.17, 15) is 5.11 Å². The molecule has 1 aromatic rings. The third-order valence-electron chi connectivity index (χ3n) is 4.45. The van der Waals surface area contributed by atoms with Gasteiger partial charge in [0.2, 0.25) is 0 Å². The van der Waals surface area contributed by atoms with Gasteiger partial charge in [-0.05, 0) is 38.3 Å². The van der Waals surface area contributed by atoms with Crippen molar-refractivity contribution in [3.05, 3.63) is 35.4 Å². The van der Waals surface area contributed by atoms with Gasteiger partial charge in [0.25, 0.3) is 0 Å². The fourth-order valence-corrected chi connectivity index (χ4v) is 3.47. The molecule has 0 aromatic heterocycles. The van der Waals surface area contributed by atoms with Crippen molar-refractivity contribution in [2.24, 2.45) is 0 Å². The Morgan fingerprint density at radius 1 is 1.29 bits per heavy atom. The van der Waals surface area contributed by atoms with Crippen LogP contribution < -0.4 is 0 Å². The van der Waals surface area contributed by atoms with E-state index in [4.69, 9.17) is 0 Å². The van der Waals surface area contributed by atoms with Crippen LogP contribution in [0.2, 0.25) is 0 Å². The van der Waals surface area contributed by atoms with Crippen LogP contribution in [-0.2, 0) is 6.42 Å². The summed E-state index contributed by atoms with van der Waals surface area (Å²) in [5, 5.41) is 10.8.